The average Bonchev–Trinajstić information content (AvgIpc) is 2.42. The van der Waals surface area contributed by atoms with Crippen molar-refractivity contribution in [2.75, 3.05) is 27.4 Å². The molecule has 4 nitrogen and oxygen atoms in total. The summed E-state index contributed by atoms with van der Waals surface area (Å²) in [5.74, 6) is -0.185. The fraction of sp³-hybridized carbons (Fsp3) is 0.538. The molecule has 1 aromatic rings. The first kappa shape index (κ1) is 16.6. The lowest BCUT2D eigenvalue weighted by molar-refractivity contribution is 0.00445. The summed E-state index contributed by atoms with van der Waals surface area (Å²) in [6.07, 6.45) is -3.74. The molecule has 0 bridgehead atoms. The second-order valence-corrected chi connectivity index (χ2v) is 4.00. The largest absolute Gasteiger partial charge is 0.493 e. The zero-order chi connectivity index (χ0) is 15.1. The summed E-state index contributed by atoms with van der Waals surface area (Å²) >= 11 is 0. The Balaban J connectivity index is 2.69. The summed E-state index contributed by atoms with van der Waals surface area (Å²) < 4.78 is 52.1. The fourth-order valence-corrected chi connectivity index (χ4v) is 1.65. The van der Waals surface area contributed by atoms with Crippen LogP contribution >= 0.6 is 0 Å². The minimum atomic E-state index is -2.56. The molecule has 1 rings (SSSR count). The summed E-state index contributed by atoms with van der Waals surface area (Å²) in [5, 5.41) is 9.85. The predicted octanol–water partition coefficient (Wildman–Crippen LogP) is 2.55. The first-order valence-corrected chi connectivity index (χ1v) is 5.95. The molecule has 0 aromatic heterocycles. The molecule has 0 aliphatic carbocycles. The van der Waals surface area contributed by atoms with Gasteiger partial charge in [0.15, 0.2) is 11.5 Å². The molecule has 1 unspecified atom stereocenters. The molecule has 0 spiro atoms. The van der Waals surface area contributed by atoms with E-state index in [-0.39, 0.29) is 30.1 Å². The molecule has 1 atom stereocenters. The molecular formula is C13H17F3O4. The molecule has 0 saturated carbocycles. The second-order valence-electron chi connectivity index (χ2n) is 4.00. The maximum atomic E-state index is 13.8. The molecule has 1 aromatic carbocycles. The number of aliphatic hydroxyl groups excluding tert-OH is 1. The van der Waals surface area contributed by atoms with Gasteiger partial charge in [-0.3, -0.25) is 0 Å². The van der Waals surface area contributed by atoms with E-state index in [0.29, 0.717) is 0 Å². The Morgan fingerprint density at radius 1 is 1.15 bits per heavy atom. The number of alkyl halides is 2. The van der Waals surface area contributed by atoms with Crippen LogP contribution in [0.15, 0.2) is 12.1 Å². The number of benzene rings is 1. The number of halogens is 3. The van der Waals surface area contributed by atoms with Crippen LogP contribution in [0.4, 0.5) is 13.2 Å². The number of hydrogen-bond acceptors (Lipinski definition) is 4. The molecule has 0 aliphatic heterocycles. The predicted molar refractivity (Wildman–Crippen MR) is 65.9 cm³/mol. The standard InChI is InChI=1S/C13H17F3O4/c1-18-11-5-8(9(14)6-12(11)19-2)10(17)3-4-20-7-13(15)16/h5-6,10,13,17H,3-4,7H2,1-2H3. The number of rotatable bonds is 8. The van der Waals surface area contributed by atoms with E-state index < -0.39 is 25.0 Å². The minimum Gasteiger partial charge on any atom is -0.493 e. The Kier molecular flexibility index (Phi) is 6.60. The first-order chi connectivity index (χ1) is 9.49. The van der Waals surface area contributed by atoms with Gasteiger partial charge in [-0.05, 0) is 6.07 Å². The highest BCUT2D eigenvalue weighted by molar-refractivity contribution is 5.44. The van der Waals surface area contributed by atoms with Crippen molar-refractivity contribution in [1.29, 1.82) is 0 Å². The van der Waals surface area contributed by atoms with Crippen molar-refractivity contribution in [3.63, 3.8) is 0 Å². The Morgan fingerprint density at radius 3 is 2.30 bits per heavy atom. The molecule has 0 saturated heterocycles. The van der Waals surface area contributed by atoms with E-state index in [4.69, 9.17) is 9.47 Å². The topological polar surface area (TPSA) is 47.9 Å². The number of methoxy groups -OCH3 is 2. The maximum absolute atomic E-state index is 13.8. The van der Waals surface area contributed by atoms with Crippen LogP contribution in [0.2, 0.25) is 0 Å². The van der Waals surface area contributed by atoms with Gasteiger partial charge in [0, 0.05) is 24.7 Å². The van der Waals surface area contributed by atoms with Gasteiger partial charge in [-0.2, -0.15) is 0 Å². The van der Waals surface area contributed by atoms with Crippen molar-refractivity contribution >= 4 is 0 Å². The molecule has 0 radical (unpaired) electrons. The SMILES string of the molecule is COc1cc(F)c(C(O)CCOCC(F)F)cc1OC. The number of ether oxygens (including phenoxy) is 3. The third kappa shape index (κ3) is 4.57. The van der Waals surface area contributed by atoms with Crippen LogP contribution in [0.5, 0.6) is 11.5 Å². The lowest BCUT2D eigenvalue weighted by Gasteiger charge is -2.15. The molecule has 0 heterocycles. The van der Waals surface area contributed by atoms with E-state index in [1.807, 2.05) is 0 Å². The smallest absolute Gasteiger partial charge is 0.261 e. The van der Waals surface area contributed by atoms with Gasteiger partial charge in [-0.15, -0.1) is 0 Å². The van der Waals surface area contributed by atoms with Crippen LogP contribution in [0, 0.1) is 5.82 Å². The lowest BCUT2D eigenvalue weighted by atomic mass is 10.1. The van der Waals surface area contributed by atoms with Gasteiger partial charge in [0.25, 0.3) is 6.43 Å². The summed E-state index contributed by atoms with van der Waals surface area (Å²) in [6, 6.07) is 2.41. The molecule has 0 aliphatic rings. The molecular weight excluding hydrogens is 277 g/mol. The first-order valence-electron chi connectivity index (χ1n) is 5.95. The number of aliphatic hydroxyl groups is 1. The highest BCUT2D eigenvalue weighted by Crippen LogP contribution is 2.33. The van der Waals surface area contributed by atoms with Crippen molar-refractivity contribution in [1.82, 2.24) is 0 Å². The van der Waals surface area contributed by atoms with Gasteiger partial charge in [0.05, 0.1) is 20.3 Å². The molecule has 20 heavy (non-hydrogen) atoms. The molecule has 1 N–H and O–H groups in total. The van der Waals surface area contributed by atoms with Crippen molar-refractivity contribution in [2.45, 2.75) is 19.0 Å². The molecule has 7 heteroatoms. The minimum absolute atomic E-state index is 0.000870. The van der Waals surface area contributed by atoms with Crippen LogP contribution < -0.4 is 9.47 Å². The highest BCUT2D eigenvalue weighted by atomic mass is 19.3. The highest BCUT2D eigenvalue weighted by Gasteiger charge is 2.17. The summed E-state index contributed by atoms with van der Waals surface area (Å²) in [7, 11) is 2.75. The quantitative estimate of drug-likeness (QED) is 0.749. The van der Waals surface area contributed by atoms with Gasteiger partial charge >= 0.3 is 0 Å². The Labute approximate surface area is 115 Å². The molecule has 0 fully saturated rings. The monoisotopic (exact) mass is 294 g/mol. The van der Waals surface area contributed by atoms with Gasteiger partial charge in [-0.1, -0.05) is 0 Å². The van der Waals surface area contributed by atoms with Crippen LogP contribution in [-0.2, 0) is 4.74 Å². The van der Waals surface area contributed by atoms with E-state index in [9.17, 15) is 18.3 Å². The van der Waals surface area contributed by atoms with Crippen LogP contribution in [0.1, 0.15) is 18.1 Å². The van der Waals surface area contributed by atoms with E-state index in [1.165, 1.54) is 20.3 Å². The summed E-state index contributed by atoms with van der Waals surface area (Å²) in [5.41, 5.74) is 0.00305. The van der Waals surface area contributed by atoms with E-state index >= 15 is 0 Å². The van der Waals surface area contributed by atoms with Gasteiger partial charge in [0.1, 0.15) is 12.4 Å². The Hall–Kier alpha value is -1.47. The zero-order valence-corrected chi connectivity index (χ0v) is 11.2. The number of hydrogen-bond donors (Lipinski definition) is 1. The summed E-state index contributed by atoms with van der Waals surface area (Å²) in [6.45, 7) is -0.805. The summed E-state index contributed by atoms with van der Waals surface area (Å²) in [4.78, 5) is 0. The molecule has 114 valence electrons. The van der Waals surface area contributed by atoms with Crippen molar-refractivity contribution in [3.05, 3.63) is 23.5 Å². The molecule has 0 amide bonds. The van der Waals surface area contributed by atoms with E-state index in [1.54, 1.807) is 0 Å². The third-order valence-electron chi connectivity index (χ3n) is 2.64. The normalized spacial score (nSPS) is 12.6. The van der Waals surface area contributed by atoms with E-state index in [2.05, 4.69) is 4.74 Å². The van der Waals surface area contributed by atoms with Crippen LogP contribution in [0.3, 0.4) is 0 Å². The third-order valence-corrected chi connectivity index (χ3v) is 2.64. The van der Waals surface area contributed by atoms with Gasteiger partial charge in [0.2, 0.25) is 0 Å². The lowest BCUT2D eigenvalue weighted by Crippen LogP contribution is -2.10. The Bertz CT molecular complexity index is 426. The second kappa shape index (κ2) is 7.96. The maximum Gasteiger partial charge on any atom is 0.261 e. The van der Waals surface area contributed by atoms with Crippen molar-refractivity contribution in [3.8, 4) is 11.5 Å². The van der Waals surface area contributed by atoms with Crippen molar-refractivity contribution in [2.24, 2.45) is 0 Å². The fourth-order valence-electron chi connectivity index (χ4n) is 1.65. The van der Waals surface area contributed by atoms with Crippen LogP contribution in [-0.4, -0.2) is 39.0 Å². The zero-order valence-electron chi connectivity index (χ0n) is 11.2. The van der Waals surface area contributed by atoms with E-state index in [0.717, 1.165) is 6.07 Å². The van der Waals surface area contributed by atoms with Crippen LogP contribution in [0.25, 0.3) is 0 Å². The van der Waals surface area contributed by atoms with Gasteiger partial charge in [-0.25, -0.2) is 13.2 Å². The van der Waals surface area contributed by atoms with Crippen molar-refractivity contribution < 1.29 is 32.5 Å². The van der Waals surface area contributed by atoms with Gasteiger partial charge < -0.3 is 19.3 Å². The average molecular weight is 294 g/mol. The Morgan fingerprint density at radius 2 is 1.75 bits per heavy atom.